The van der Waals surface area contributed by atoms with Gasteiger partial charge in [-0.3, -0.25) is 9.69 Å². The van der Waals surface area contributed by atoms with Gasteiger partial charge < -0.3 is 28.4 Å². The number of benzene rings is 2. The van der Waals surface area contributed by atoms with E-state index in [-0.39, 0.29) is 17.6 Å². The second kappa shape index (κ2) is 8.96. The number of fused-ring (bicyclic) bond motifs is 3. The number of hydrogen-bond acceptors (Lipinski definition) is 8. The van der Waals surface area contributed by atoms with Crippen molar-refractivity contribution in [2.75, 3.05) is 41.2 Å². The summed E-state index contributed by atoms with van der Waals surface area (Å²) in [6.07, 6.45) is 4.07. The molecule has 0 N–H and O–H groups in total. The van der Waals surface area contributed by atoms with Gasteiger partial charge in [-0.05, 0) is 48.7 Å². The third-order valence-corrected chi connectivity index (χ3v) is 6.15. The molecule has 1 fully saturated rings. The molecule has 0 bridgehead atoms. The number of allylic oxidation sites excluding steroid dienone is 1. The fraction of sp³-hybridized carbons (Fsp3) is 0.400. The van der Waals surface area contributed by atoms with E-state index in [1.54, 1.807) is 45.6 Å². The Balaban J connectivity index is 1.43. The highest BCUT2D eigenvalue weighted by molar-refractivity contribution is 6.15. The first kappa shape index (κ1) is 21.6. The van der Waals surface area contributed by atoms with E-state index in [1.165, 1.54) is 0 Å². The molecule has 2 aromatic rings. The number of carbonyl (C=O) groups is 1. The fourth-order valence-electron chi connectivity index (χ4n) is 4.53. The molecule has 0 saturated carbocycles. The lowest BCUT2D eigenvalue weighted by atomic mass is 10.0. The summed E-state index contributed by atoms with van der Waals surface area (Å²) in [4.78, 5) is 15.3. The summed E-state index contributed by atoms with van der Waals surface area (Å²) < 4.78 is 34.1. The summed E-state index contributed by atoms with van der Waals surface area (Å²) in [5, 5.41) is 0. The van der Waals surface area contributed by atoms with Crippen LogP contribution >= 0.6 is 0 Å². The molecule has 0 aromatic heterocycles. The quantitative estimate of drug-likeness (QED) is 0.614. The van der Waals surface area contributed by atoms with Crippen molar-refractivity contribution in [3.05, 3.63) is 46.7 Å². The molecule has 5 rings (SSSR count). The monoisotopic (exact) mass is 453 g/mol. The lowest BCUT2D eigenvalue weighted by Gasteiger charge is -2.31. The van der Waals surface area contributed by atoms with E-state index in [0.29, 0.717) is 47.4 Å². The van der Waals surface area contributed by atoms with Crippen molar-refractivity contribution in [2.45, 2.75) is 25.5 Å². The largest absolute Gasteiger partial charge is 0.493 e. The number of nitrogens with zero attached hydrogens (tertiary/aromatic N) is 1. The molecular weight excluding hydrogens is 426 g/mol. The van der Waals surface area contributed by atoms with Crippen LogP contribution in [0.4, 0.5) is 0 Å². The molecule has 1 unspecified atom stereocenters. The van der Waals surface area contributed by atoms with Crippen LogP contribution in [0.5, 0.6) is 28.7 Å². The van der Waals surface area contributed by atoms with Gasteiger partial charge in [-0.25, -0.2) is 0 Å². The molecule has 3 heterocycles. The van der Waals surface area contributed by atoms with Crippen LogP contribution in [0, 0.1) is 0 Å². The minimum absolute atomic E-state index is 0.169. The smallest absolute Gasteiger partial charge is 0.231 e. The number of Topliss-reactive ketones (excluding diaryl/α,β-unsaturated/α-hetero) is 1. The molecule has 3 aliphatic rings. The molecule has 1 saturated heterocycles. The minimum Gasteiger partial charge on any atom is -0.493 e. The Hall–Kier alpha value is -3.23. The topological polar surface area (TPSA) is 75.7 Å². The van der Waals surface area contributed by atoms with Gasteiger partial charge in [-0.15, -0.1) is 0 Å². The van der Waals surface area contributed by atoms with Crippen molar-refractivity contribution in [1.82, 2.24) is 4.90 Å². The number of ether oxygens (including phenoxy) is 6. The van der Waals surface area contributed by atoms with Gasteiger partial charge in [-0.1, -0.05) is 0 Å². The fourth-order valence-corrected chi connectivity index (χ4v) is 4.53. The van der Waals surface area contributed by atoms with Gasteiger partial charge in [0, 0.05) is 19.7 Å². The van der Waals surface area contributed by atoms with Crippen LogP contribution in [0.2, 0.25) is 0 Å². The van der Waals surface area contributed by atoms with E-state index in [2.05, 4.69) is 4.90 Å². The molecule has 174 valence electrons. The molecule has 1 atom stereocenters. The van der Waals surface area contributed by atoms with Crippen LogP contribution < -0.4 is 23.7 Å². The van der Waals surface area contributed by atoms with Gasteiger partial charge in [0.25, 0.3) is 0 Å². The number of methoxy groups -OCH3 is 3. The summed E-state index contributed by atoms with van der Waals surface area (Å²) in [7, 11) is 4.65. The van der Waals surface area contributed by atoms with Gasteiger partial charge in [0.05, 0.1) is 38.6 Å². The first-order valence-corrected chi connectivity index (χ1v) is 11.0. The average molecular weight is 453 g/mol. The zero-order valence-corrected chi connectivity index (χ0v) is 19.0. The summed E-state index contributed by atoms with van der Waals surface area (Å²) >= 11 is 0. The summed E-state index contributed by atoms with van der Waals surface area (Å²) in [6, 6.07) is 7.16. The van der Waals surface area contributed by atoms with E-state index in [0.717, 1.165) is 37.3 Å². The highest BCUT2D eigenvalue weighted by atomic mass is 16.5. The van der Waals surface area contributed by atoms with Crippen molar-refractivity contribution in [2.24, 2.45) is 0 Å². The van der Waals surface area contributed by atoms with Crippen molar-refractivity contribution in [3.8, 4) is 28.7 Å². The number of carbonyl (C=O) groups excluding carboxylic acids is 1. The summed E-state index contributed by atoms with van der Waals surface area (Å²) in [5.74, 6) is 2.88. The Kier molecular flexibility index (Phi) is 5.86. The molecule has 8 nitrogen and oxygen atoms in total. The lowest BCUT2D eigenvalue weighted by molar-refractivity contribution is 0.0274. The molecule has 33 heavy (non-hydrogen) atoms. The van der Waals surface area contributed by atoms with Gasteiger partial charge >= 0.3 is 0 Å². The van der Waals surface area contributed by atoms with Crippen LogP contribution in [0.1, 0.15) is 34.3 Å². The van der Waals surface area contributed by atoms with Crippen LogP contribution in [0.25, 0.3) is 6.08 Å². The van der Waals surface area contributed by atoms with Gasteiger partial charge in [-0.2, -0.15) is 0 Å². The van der Waals surface area contributed by atoms with Crippen molar-refractivity contribution < 1.29 is 33.2 Å². The molecule has 2 aromatic carbocycles. The Labute approximate surface area is 192 Å². The molecule has 0 amide bonds. The zero-order valence-electron chi connectivity index (χ0n) is 19.0. The second-order valence-electron chi connectivity index (χ2n) is 8.24. The normalized spacial score (nSPS) is 20.8. The Bertz CT molecular complexity index is 1080. The summed E-state index contributed by atoms with van der Waals surface area (Å²) in [6.45, 7) is 2.75. The van der Waals surface area contributed by atoms with Crippen LogP contribution in [0.15, 0.2) is 30.0 Å². The standard InChI is InChI=1S/C25H27NO7/c1-28-21-10-15(11-22(29-2)25(21)30-3)9-20-23(27)17-6-7-19-18(24(17)33-20)13-26(14-32-19)12-16-5-4-8-31-16/h6-7,9-11,16H,4-5,8,12-14H2,1-3H3. The number of rotatable bonds is 6. The number of ketones is 1. The summed E-state index contributed by atoms with van der Waals surface area (Å²) in [5.41, 5.74) is 2.12. The first-order chi connectivity index (χ1) is 16.1. The molecule has 3 aliphatic heterocycles. The second-order valence-corrected chi connectivity index (χ2v) is 8.24. The predicted octanol–water partition coefficient (Wildman–Crippen LogP) is 3.66. The Morgan fingerprint density at radius 3 is 2.58 bits per heavy atom. The van der Waals surface area contributed by atoms with Crippen molar-refractivity contribution >= 4 is 11.9 Å². The van der Waals surface area contributed by atoms with Gasteiger partial charge in [0.15, 0.2) is 17.3 Å². The molecule has 0 spiro atoms. The molecule has 0 aliphatic carbocycles. The molecule has 0 radical (unpaired) electrons. The molecule has 8 heteroatoms. The highest BCUT2D eigenvalue weighted by Crippen LogP contribution is 2.43. The van der Waals surface area contributed by atoms with Crippen LogP contribution in [0.3, 0.4) is 0 Å². The molecular formula is C25H27NO7. The van der Waals surface area contributed by atoms with E-state index in [1.807, 2.05) is 6.07 Å². The highest BCUT2D eigenvalue weighted by Gasteiger charge is 2.34. The van der Waals surface area contributed by atoms with Gasteiger partial charge in [0.2, 0.25) is 11.5 Å². The Morgan fingerprint density at radius 1 is 1.12 bits per heavy atom. The maximum atomic E-state index is 13.1. The van der Waals surface area contributed by atoms with Crippen molar-refractivity contribution in [1.29, 1.82) is 0 Å². The predicted molar refractivity (Wildman–Crippen MR) is 120 cm³/mol. The SMILES string of the molecule is COc1cc(C=C2Oc3c(ccc4c3CN(CC3CCCO3)CO4)C2=O)cc(OC)c1OC. The number of hydrogen-bond donors (Lipinski definition) is 0. The van der Waals surface area contributed by atoms with E-state index >= 15 is 0 Å². The van der Waals surface area contributed by atoms with E-state index in [9.17, 15) is 4.79 Å². The minimum atomic E-state index is -0.169. The lowest BCUT2D eigenvalue weighted by Crippen LogP contribution is -2.37. The van der Waals surface area contributed by atoms with Crippen molar-refractivity contribution in [3.63, 3.8) is 0 Å². The first-order valence-electron chi connectivity index (χ1n) is 11.0. The third-order valence-electron chi connectivity index (χ3n) is 6.15. The van der Waals surface area contributed by atoms with Crippen LogP contribution in [-0.4, -0.2) is 58.0 Å². The maximum absolute atomic E-state index is 13.1. The maximum Gasteiger partial charge on any atom is 0.231 e. The van der Waals surface area contributed by atoms with E-state index in [4.69, 9.17) is 28.4 Å². The average Bonchev–Trinajstić information content (AvgIpc) is 3.46. The van der Waals surface area contributed by atoms with Gasteiger partial charge in [0.1, 0.15) is 18.2 Å². The Morgan fingerprint density at radius 2 is 1.91 bits per heavy atom. The van der Waals surface area contributed by atoms with Crippen LogP contribution in [-0.2, 0) is 11.3 Å². The zero-order chi connectivity index (χ0) is 22.9. The van der Waals surface area contributed by atoms with E-state index < -0.39 is 0 Å². The third kappa shape index (κ3) is 4.00.